The molecule has 0 aliphatic rings. The third kappa shape index (κ3) is 3.87. The van der Waals surface area contributed by atoms with Crippen LogP contribution in [0.4, 0.5) is 13.2 Å². The lowest BCUT2D eigenvalue weighted by atomic mass is 10.0. The standard InChI is InChI=1S/C8H12F3N3O4/c1-7(13,8(9,10)11)6(18)14-3(5(16)17)2-4(12)15/h3H,2,13H2,1H3,(H2,12,15)(H,14,18)(H,16,17). The maximum atomic E-state index is 12.4. The van der Waals surface area contributed by atoms with E-state index in [9.17, 15) is 27.6 Å². The van der Waals surface area contributed by atoms with Gasteiger partial charge in [0.25, 0.3) is 0 Å². The van der Waals surface area contributed by atoms with Crippen molar-refractivity contribution in [3.8, 4) is 0 Å². The van der Waals surface area contributed by atoms with E-state index in [-0.39, 0.29) is 0 Å². The summed E-state index contributed by atoms with van der Waals surface area (Å²) in [5.41, 5.74) is 6.20. The van der Waals surface area contributed by atoms with Crippen LogP contribution < -0.4 is 16.8 Å². The molecule has 0 aliphatic heterocycles. The van der Waals surface area contributed by atoms with E-state index < -0.39 is 42.0 Å². The van der Waals surface area contributed by atoms with Gasteiger partial charge in [0.2, 0.25) is 11.8 Å². The summed E-state index contributed by atoms with van der Waals surface area (Å²) in [5.74, 6) is -4.54. The molecule has 0 bridgehead atoms. The zero-order chi connectivity index (χ0) is 14.7. The first-order valence-electron chi connectivity index (χ1n) is 4.57. The van der Waals surface area contributed by atoms with E-state index in [1.165, 1.54) is 5.32 Å². The summed E-state index contributed by atoms with van der Waals surface area (Å²) in [6.45, 7) is 0.380. The molecule has 104 valence electrons. The molecule has 18 heavy (non-hydrogen) atoms. The Hall–Kier alpha value is -1.84. The van der Waals surface area contributed by atoms with Crippen LogP contribution in [0.3, 0.4) is 0 Å². The van der Waals surface area contributed by atoms with Crippen LogP contribution in [0.15, 0.2) is 0 Å². The molecule has 0 rings (SSSR count). The van der Waals surface area contributed by atoms with E-state index >= 15 is 0 Å². The highest BCUT2D eigenvalue weighted by Gasteiger charge is 2.54. The number of hydrogen-bond acceptors (Lipinski definition) is 4. The average Bonchev–Trinajstić information content (AvgIpc) is 2.13. The molecule has 2 unspecified atom stereocenters. The second-order valence-electron chi connectivity index (χ2n) is 3.73. The first kappa shape index (κ1) is 16.2. The third-order valence-corrected chi connectivity index (χ3v) is 2.07. The third-order valence-electron chi connectivity index (χ3n) is 2.07. The lowest BCUT2D eigenvalue weighted by Crippen LogP contribution is -2.63. The Kier molecular flexibility index (Phi) is 4.68. The summed E-state index contributed by atoms with van der Waals surface area (Å²) in [6.07, 6.45) is -5.90. The molecule has 6 N–H and O–H groups in total. The van der Waals surface area contributed by atoms with Crippen molar-refractivity contribution in [3.05, 3.63) is 0 Å². The normalized spacial score (nSPS) is 16.5. The number of carbonyl (C=O) groups excluding carboxylic acids is 2. The van der Waals surface area contributed by atoms with Crippen molar-refractivity contribution in [2.75, 3.05) is 0 Å². The second kappa shape index (κ2) is 5.21. The molecule has 2 amide bonds. The zero-order valence-corrected chi connectivity index (χ0v) is 9.25. The molecule has 0 spiro atoms. The fourth-order valence-electron chi connectivity index (χ4n) is 0.838. The molecule has 0 aliphatic carbocycles. The monoisotopic (exact) mass is 271 g/mol. The first-order valence-corrected chi connectivity index (χ1v) is 4.57. The van der Waals surface area contributed by atoms with Gasteiger partial charge in [-0.1, -0.05) is 0 Å². The van der Waals surface area contributed by atoms with Crippen molar-refractivity contribution in [2.24, 2.45) is 11.5 Å². The number of hydrogen-bond donors (Lipinski definition) is 4. The smallest absolute Gasteiger partial charge is 0.415 e. The fourth-order valence-corrected chi connectivity index (χ4v) is 0.838. The molecule has 10 heteroatoms. The number of nitrogens with two attached hydrogens (primary N) is 2. The van der Waals surface area contributed by atoms with E-state index in [4.69, 9.17) is 16.6 Å². The molecule has 0 aromatic carbocycles. The number of nitrogens with one attached hydrogen (secondary N) is 1. The highest BCUT2D eigenvalue weighted by atomic mass is 19.4. The minimum atomic E-state index is -5.06. The van der Waals surface area contributed by atoms with Crippen molar-refractivity contribution >= 4 is 17.8 Å². The van der Waals surface area contributed by atoms with Gasteiger partial charge >= 0.3 is 12.1 Å². The van der Waals surface area contributed by atoms with Gasteiger partial charge < -0.3 is 21.9 Å². The average molecular weight is 271 g/mol. The van der Waals surface area contributed by atoms with Crippen molar-refractivity contribution in [3.63, 3.8) is 0 Å². The van der Waals surface area contributed by atoms with Crippen LogP contribution >= 0.6 is 0 Å². The van der Waals surface area contributed by atoms with E-state index in [1.54, 1.807) is 0 Å². The van der Waals surface area contributed by atoms with Gasteiger partial charge in [-0.2, -0.15) is 13.2 Å². The summed E-state index contributed by atoms with van der Waals surface area (Å²) in [7, 11) is 0. The van der Waals surface area contributed by atoms with Crippen LogP contribution in [0.25, 0.3) is 0 Å². The Labute approximate surface area is 99.3 Å². The topological polar surface area (TPSA) is 136 Å². The van der Waals surface area contributed by atoms with Gasteiger partial charge in [-0.05, 0) is 6.92 Å². The van der Waals surface area contributed by atoms with Crippen molar-refractivity contribution < 1.29 is 32.7 Å². The molecule has 0 aromatic rings. The molecule has 0 saturated heterocycles. The predicted molar refractivity (Wildman–Crippen MR) is 52.0 cm³/mol. The van der Waals surface area contributed by atoms with Crippen LogP contribution in [-0.4, -0.2) is 40.6 Å². The molecule has 0 radical (unpaired) electrons. The molecular formula is C8H12F3N3O4. The van der Waals surface area contributed by atoms with Crippen molar-refractivity contribution in [1.82, 2.24) is 5.32 Å². The van der Waals surface area contributed by atoms with E-state index in [1.807, 2.05) is 0 Å². The van der Waals surface area contributed by atoms with Gasteiger partial charge in [0, 0.05) is 0 Å². The quantitative estimate of drug-likeness (QED) is 0.493. The first-order chi connectivity index (χ1) is 7.89. The number of aliphatic carboxylic acids is 1. The fraction of sp³-hybridized carbons (Fsp3) is 0.625. The molecular weight excluding hydrogens is 259 g/mol. The number of alkyl halides is 3. The lowest BCUT2D eigenvalue weighted by molar-refractivity contribution is -0.188. The van der Waals surface area contributed by atoms with Crippen LogP contribution in [0.2, 0.25) is 0 Å². The van der Waals surface area contributed by atoms with Crippen LogP contribution in [0, 0.1) is 0 Å². The Morgan fingerprint density at radius 1 is 1.33 bits per heavy atom. The molecule has 0 heterocycles. The van der Waals surface area contributed by atoms with Crippen molar-refractivity contribution in [2.45, 2.75) is 31.1 Å². The van der Waals surface area contributed by atoms with Gasteiger partial charge in [-0.25, -0.2) is 4.79 Å². The van der Waals surface area contributed by atoms with Crippen LogP contribution in [0.1, 0.15) is 13.3 Å². The van der Waals surface area contributed by atoms with Crippen molar-refractivity contribution in [1.29, 1.82) is 0 Å². The zero-order valence-electron chi connectivity index (χ0n) is 9.25. The Morgan fingerprint density at radius 3 is 2.06 bits per heavy atom. The molecule has 2 atom stereocenters. The van der Waals surface area contributed by atoms with Gasteiger partial charge in [-0.3, -0.25) is 9.59 Å². The lowest BCUT2D eigenvalue weighted by Gasteiger charge is -2.27. The summed E-state index contributed by atoms with van der Waals surface area (Å²) in [4.78, 5) is 32.3. The number of carboxylic acids is 1. The number of amides is 2. The molecule has 0 fully saturated rings. The maximum absolute atomic E-state index is 12.4. The maximum Gasteiger partial charge on any atom is 0.415 e. The SMILES string of the molecule is CC(N)(C(=O)NC(CC(N)=O)C(=O)O)C(F)(F)F. The number of carboxylic acid groups (broad SMARTS) is 1. The summed E-state index contributed by atoms with van der Waals surface area (Å²) < 4.78 is 37.1. The summed E-state index contributed by atoms with van der Waals surface area (Å²) >= 11 is 0. The molecule has 7 nitrogen and oxygen atoms in total. The number of primary amides is 1. The number of rotatable bonds is 5. The second-order valence-corrected chi connectivity index (χ2v) is 3.73. The van der Waals surface area contributed by atoms with Gasteiger partial charge in [0.1, 0.15) is 6.04 Å². The van der Waals surface area contributed by atoms with E-state index in [0.717, 1.165) is 0 Å². The van der Waals surface area contributed by atoms with E-state index in [2.05, 4.69) is 0 Å². The minimum Gasteiger partial charge on any atom is -0.480 e. The Bertz CT molecular complexity index is 367. The summed E-state index contributed by atoms with van der Waals surface area (Å²) in [5, 5.41) is 10.1. The molecule has 0 aromatic heterocycles. The molecule has 0 saturated carbocycles. The number of halogens is 3. The highest BCUT2D eigenvalue weighted by molar-refractivity contribution is 5.92. The Morgan fingerprint density at radius 2 is 1.78 bits per heavy atom. The van der Waals surface area contributed by atoms with Crippen LogP contribution in [0.5, 0.6) is 0 Å². The van der Waals surface area contributed by atoms with Gasteiger partial charge in [0.15, 0.2) is 5.54 Å². The number of carbonyl (C=O) groups is 3. The largest absolute Gasteiger partial charge is 0.480 e. The minimum absolute atomic E-state index is 0.380. The van der Waals surface area contributed by atoms with Gasteiger partial charge in [-0.15, -0.1) is 0 Å². The van der Waals surface area contributed by atoms with Crippen LogP contribution in [-0.2, 0) is 14.4 Å². The highest BCUT2D eigenvalue weighted by Crippen LogP contribution is 2.28. The summed E-state index contributed by atoms with van der Waals surface area (Å²) in [6, 6.07) is -1.86. The van der Waals surface area contributed by atoms with Gasteiger partial charge in [0.05, 0.1) is 6.42 Å². The van der Waals surface area contributed by atoms with E-state index in [0.29, 0.717) is 6.92 Å². The Balaban J connectivity index is 4.91. The predicted octanol–water partition coefficient (Wildman–Crippen LogP) is -1.29.